The van der Waals surface area contributed by atoms with Crippen LogP contribution in [0.2, 0.25) is 0 Å². The first kappa shape index (κ1) is 20.1. The van der Waals surface area contributed by atoms with Gasteiger partial charge in [-0.3, -0.25) is 4.79 Å². The summed E-state index contributed by atoms with van der Waals surface area (Å²) in [6, 6.07) is 7.95. The van der Waals surface area contributed by atoms with Crippen molar-refractivity contribution >= 4 is 29.3 Å². The number of benzene rings is 1. The van der Waals surface area contributed by atoms with Crippen molar-refractivity contribution in [2.24, 2.45) is 4.99 Å². The topological polar surface area (TPSA) is 56.7 Å². The normalized spacial score (nSPS) is 19.8. The van der Waals surface area contributed by atoms with Crippen molar-refractivity contribution in [3.8, 4) is 0 Å². The molecule has 1 amide bonds. The maximum atomic E-state index is 11.3. The van der Waals surface area contributed by atoms with Crippen molar-refractivity contribution in [3.63, 3.8) is 0 Å². The van der Waals surface area contributed by atoms with Gasteiger partial charge in [0.05, 0.1) is 6.54 Å². The maximum Gasteiger partial charge on any atom is 0.221 e. The van der Waals surface area contributed by atoms with E-state index in [1.807, 2.05) is 18.2 Å². The van der Waals surface area contributed by atoms with Crippen LogP contribution >= 0.6 is 11.8 Å². The van der Waals surface area contributed by atoms with Gasteiger partial charge in [0.15, 0.2) is 5.96 Å². The van der Waals surface area contributed by atoms with Gasteiger partial charge in [0.25, 0.3) is 0 Å². The lowest BCUT2D eigenvalue weighted by molar-refractivity contribution is -0.114. The molecule has 1 aliphatic carbocycles. The molecule has 148 valence electrons. The Morgan fingerprint density at radius 1 is 1.30 bits per heavy atom. The van der Waals surface area contributed by atoms with E-state index >= 15 is 0 Å². The highest BCUT2D eigenvalue weighted by atomic mass is 32.2. The molecule has 1 saturated carbocycles. The van der Waals surface area contributed by atoms with Crippen molar-refractivity contribution in [2.45, 2.75) is 57.2 Å². The summed E-state index contributed by atoms with van der Waals surface area (Å²) in [6.07, 6.45) is 6.80. The zero-order valence-electron chi connectivity index (χ0n) is 16.6. The molecule has 1 aromatic rings. The number of aliphatic imine (C=N–C) groups is 1. The third-order valence-electron chi connectivity index (χ3n) is 5.31. The molecule has 2 fully saturated rings. The molecule has 3 rings (SSSR count). The highest BCUT2D eigenvalue weighted by Gasteiger charge is 2.38. The zero-order chi connectivity index (χ0) is 19.1. The van der Waals surface area contributed by atoms with E-state index in [1.165, 1.54) is 44.8 Å². The Labute approximate surface area is 167 Å². The number of carbonyl (C=O) groups is 1. The molecular formula is C21H32N4OS. The highest BCUT2D eigenvalue weighted by molar-refractivity contribution is 8.00. The fourth-order valence-electron chi connectivity index (χ4n) is 4.07. The lowest BCUT2D eigenvalue weighted by Gasteiger charge is -2.45. The van der Waals surface area contributed by atoms with Gasteiger partial charge in [-0.05, 0) is 37.5 Å². The first-order chi connectivity index (χ1) is 13.1. The fourth-order valence-corrected chi connectivity index (χ4v) is 5.64. The molecule has 0 aromatic heterocycles. The van der Waals surface area contributed by atoms with Crippen molar-refractivity contribution in [2.75, 3.05) is 30.7 Å². The molecule has 2 N–H and O–H groups in total. The minimum Gasteiger partial charge on any atom is -0.357 e. The van der Waals surface area contributed by atoms with Crippen LogP contribution in [0.5, 0.6) is 0 Å². The van der Waals surface area contributed by atoms with Crippen LogP contribution in [-0.4, -0.2) is 46.9 Å². The Morgan fingerprint density at radius 3 is 2.85 bits per heavy atom. The lowest BCUT2D eigenvalue weighted by atomic mass is 9.87. The van der Waals surface area contributed by atoms with Gasteiger partial charge in [0.1, 0.15) is 0 Å². The van der Waals surface area contributed by atoms with E-state index in [0.717, 1.165) is 36.8 Å². The van der Waals surface area contributed by atoms with Crippen LogP contribution in [0.3, 0.4) is 0 Å². The van der Waals surface area contributed by atoms with Gasteiger partial charge in [-0.2, -0.15) is 11.8 Å². The molecule has 27 heavy (non-hydrogen) atoms. The van der Waals surface area contributed by atoms with E-state index in [-0.39, 0.29) is 5.91 Å². The second-order valence-electron chi connectivity index (χ2n) is 7.57. The van der Waals surface area contributed by atoms with E-state index in [4.69, 9.17) is 4.99 Å². The molecule has 1 heterocycles. The van der Waals surface area contributed by atoms with Crippen molar-refractivity contribution < 1.29 is 4.79 Å². The van der Waals surface area contributed by atoms with E-state index in [9.17, 15) is 4.79 Å². The van der Waals surface area contributed by atoms with E-state index < -0.39 is 0 Å². The Balaban J connectivity index is 1.70. The number of anilines is 1. The third kappa shape index (κ3) is 5.64. The lowest BCUT2D eigenvalue weighted by Crippen LogP contribution is -2.53. The number of nitrogens with one attached hydrogen (secondary N) is 2. The van der Waals surface area contributed by atoms with Crippen LogP contribution < -0.4 is 10.6 Å². The molecule has 0 radical (unpaired) electrons. The summed E-state index contributed by atoms with van der Waals surface area (Å²) >= 11 is 2.18. The van der Waals surface area contributed by atoms with Gasteiger partial charge in [-0.15, -0.1) is 0 Å². The third-order valence-corrected chi connectivity index (χ3v) is 6.84. The van der Waals surface area contributed by atoms with Crippen LogP contribution in [0.4, 0.5) is 5.69 Å². The van der Waals surface area contributed by atoms with Crippen molar-refractivity contribution in [1.29, 1.82) is 0 Å². The molecule has 0 atom stereocenters. The molecule has 1 aromatic carbocycles. The van der Waals surface area contributed by atoms with Crippen LogP contribution in [0.25, 0.3) is 0 Å². The monoisotopic (exact) mass is 388 g/mol. The van der Waals surface area contributed by atoms with Gasteiger partial charge in [-0.25, -0.2) is 4.99 Å². The molecule has 1 saturated heterocycles. The Bertz CT molecular complexity index is 664. The number of carbonyl (C=O) groups excluding carboxylic acids is 1. The number of amides is 1. The Kier molecular flexibility index (Phi) is 7.05. The Hall–Kier alpha value is -1.69. The van der Waals surface area contributed by atoms with Gasteiger partial charge in [-0.1, -0.05) is 31.4 Å². The van der Waals surface area contributed by atoms with Gasteiger partial charge >= 0.3 is 0 Å². The smallest absolute Gasteiger partial charge is 0.221 e. The van der Waals surface area contributed by atoms with E-state index in [0.29, 0.717) is 11.3 Å². The molecule has 0 bridgehead atoms. The van der Waals surface area contributed by atoms with Crippen molar-refractivity contribution in [3.05, 3.63) is 29.8 Å². The average molecular weight is 389 g/mol. The summed E-state index contributed by atoms with van der Waals surface area (Å²) in [5.41, 5.74) is 1.94. The van der Waals surface area contributed by atoms with E-state index in [2.05, 4.69) is 40.3 Å². The predicted molar refractivity (Wildman–Crippen MR) is 115 cm³/mol. The minimum absolute atomic E-state index is 0.0485. The van der Waals surface area contributed by atoms with Crippen LogP contribution in [-0.2, 0) is 11.3 Å². The summed E-state index contributed by atoms with van der Waals surface area (Å²) in [5.74, 6) is 2.16. The average Bonchev–Trinajstić information content (AvgIpc) is 2.65. The molecule has 1 aliphatic heterocycles. The maximum absolute atomic E-state index is 11.3. The Morgan fingerprint density at radius 2 is 2.11 bits per heavy atom. The van der Waals surface area contributed by atoms with Crippen LogP contribution in [0, 0.1) is 0 Å². The van der Waals surface area contributed by atoms with E-state index in [1.54, 1.807) is 0 Å². The van der Waals surface area contributed by atoms with Crippen LogP contribution in [0.15, 0.2) is 29.3 Å². The summed E-state index contributed by atoms with van der Waals surface area (Å²) < 4.78 is 0.429. The number of rotatable bonds is 4. The summed E-state index contributed by atoms with van der Waals surface area (Å²) in [5, 5.41) is 6.33. The van der Waals surface area contributed by atoms with Gasteiger partial charge < -0.3 is 15.5 Å². The zero-order valence-corrected chi connectivity index (χ0v) is 17.4. The van der Waals surface area contributed by atoms with Gasteiger partial charge in [0, 0.05) is 42.7 Å². The van der Waals surface area contributed by atoms with Gasteiger partial charge in [0.2, 0.25) is 5.91 Å². The largest absolute Gasteiger partial charge is 0.357 e. The predicted octanol–water partition coefficient (Wildman–Crippen LogP) is 3.86. The standard InChI is InChI=1S/C21H32N4OS/c1-3-22-20(23-15-18-8-7-9-19(14-18)24-17(2)26)25-12-13-27-21(16-25)10-5-4-6-11-21/h7-9,14H,3-6,10-13,15-16H2,1-2H3,(H,22,23)(H,24,26). The highest BCUT2D eigenvalue weighted by Crippen LogP contribution is 2.42. The fraction of sp³-hybridized carbons (Fsp3) is 0.619. The molecular weight excluding hydrogens is 356 g/mol. The second-order valence-corrected chi connectivity index (χ2v) is 9.13. The van der Waals surface area contributed by atoms with Crippen LogP contribution in [0.1, 0.15) is 51.5 Å². The number of nitrogens with zero attached hydrogens (tertiary/aromatic N) is 2. The number of hydrogen-bond donors (Lipinski definition) is 2. The van der Waals surface area contributed by atoms with Crippen molar-refractivity contribution in [1.82, 2.24) is 10.2 Å². The molecule has 0 unspecified atom stereocenters. The summed E-state index contributed by atoms with van der Waals surface area (Å²) in [6.45, 7) is 7.32. The quantitative estimate of drug-likeness (QED) is 0.607. The number of thioether (sulfide) groups is 1. The minimum atomic E-state index is -0.0485. The summed E-state index contributed by atoms with van der Waals surface area (Å²) in [7, 11) is 0. The first-order valence-electron chi connectivity index (χ1n) is 10.1. The SMILES string of the molecule is CCNC(=NCc1cccc(NC(C)=O)c1)N1CCSC2(CCCCC2)C1. The number of hydrogen-bond acceptors (Lipinski definition) is 3. The molecule has 5 nitrogen and oxygen atoms in total. The number of guanidine groups is 1. The molecule has 2 aliphatic rings. The molecule has 6 heteroatoms. The molecule has 1 spiro atoms. The second kappa shape index (κ2) is 9.49. The summed E-state index contributed by atoms with van der Waals surface area (Å²) in [4.78, 5) is 18.6. The first-order valence-corrected chi connectivity index (χ1v) is 11.1.